The van der Waals surface area contributed by atoms with Crippen LogP contribution in [0.1, 0.15) is 18.9 Å². The van der Waals surface area contributed by atoms with Crippen molar-refractivity contribution in [2.75, 3.05) is 0 Å². The zero-order chi connectivity index (χ0) is 9.90. The van der Waals surface area contributed by atoms with Gasteiger partial charge in [-0.2, -0.15) is 0 Å². The molecule has 13 heavy (non-hydrogen) atoms. The molecule has 70 valence electrons. The van der Waals surface area contributed by atoms with Crippen molar-refractivity contribution in [3.05, 3.63) is 47.5 Å². The Morgan fingerprint density at radius 2 is 2.00 bits per heavy atom. The molecular weight excluding hydrogens is 184 g/mol. The standard InChI is InChI=1S/C11H13ClO/c1-9(12)8-11(2,13)10-6-4-3-5-7-10/h3-7,13H,1,8H2,2H3. The van der Waals surface area contributed by atoms with Crippen molar-refractivity contribution in [2.45, 2.75) is 18.9 Å². The van der Waals surface area contributed by atoms with Crippen molar-refractivity contribution >= 4 is 11.6 Å². The van der Waals surface area contributed by atoms with E-state index in [0.717, 1.165) is 5.56 Å². The molecule has 0 aromatic heterocycles. The van der Waals surface area contributed by atoms with E-state index in [4.69, 9.17) is 11.6 Å². The normalized spacial score (nSPS) is 15.0. The second-order valence-corrected chi connectivity index (χ2v) is 3.87. The van der Waals surface area contributed by atoms with Crippen LogP contribution in [0.2, 0.25) is 0 Å². The van der Waals surface area contributed by atoms with Gasteiger partial charge in [-0.1, -0.05) is 48.5 Å². The summed E-state index contributed by atoms with van der Waals surface area (Å²) < 4.78 is 0. The second-order valence-electron chi connectivity index (χ2n) is 3.33. The van der Waals surface area contributed by atoms with Gasteiger partial charge in [-0.3, -0.25) is 0 Å². The van der Waals surface area contributed by atoms with Gasteiger partial charge in [0.2, 0.25) is 0 Å². The third-order valence-corrected chi connectivity index (χ3v) is 2.07. The van der Waals surface area contributed by atoms with Gasteiger partial charge in [0.1, 0.15) is 0 Å². The molecule has 1 aromatic carbocycles. The largest absolute Gasteiger partial charge is 0.385 e. The first-order chi connectivity index (χ1) is 6.02. The van der Waals surface area contributed by atoms with E-state index in [0.29, 0.717) is 11.5 Å². The van der Waals surface area contributed by atoms with Gasteiger partial charge in [0.15, 0.2) is 0 Å². The molecule has 0 aliphatic heterocycles. The van der Waals surface area contributed by atoms with E-state index < -0.39 is 5.60 Å². The second kappa shape index (κ2) is 3.95. The Bertz CT molecular complexity index is 290. The van der Waals surface area contributed by atoms with E-state index in [9.17, 15) is 5.11 Å². The zero-order valence-electron chi connectivity index (χ0n) is 7.63. The highest BCUT2D eigenvalue weighted by Crippen LogP contribution is 2.28. The zero-order valence-corrected chi connectivity index (χ0v) is 8.38. The van der Waals surface area contributed by atoms with E-state index in [1.54, 1.807) is 6.92 Å². The van der Waals surface area contributed by atoms with E-state index in [1.165, 1.54) is 0 Å². The lowest BCUT2D eigenvalue weighted by atomic mass is 9.93. The first-order valence-corrected chi connectivity index (χ1v) is 4.51. The minimum atomic E-state index is -0.917. The summed E-state index contributed by atoms with van der Waals surface area (Å²) in [6.07, 6.45) is 0.374. The van der Waals surface area contributed by atoms with E-state index in [1.807, 2.05) is 30.3 Å². The SMILES string of the molecule is C=C(Cl)CC(C)(O)c1ccccc1. The maximum atomic E-state index is 10.0. The van der Waals surface area contributed by atoms with Crippen molar-refractivity contribution in [3.8, 4) is 0 Å². The molecule has 0 saturated heterocycles. The molecule has 0 fully saturated rings. The number of benzene rings is 1. The molecule has 1 aromatic rings. The van der Waals surface area contributed by atoms with Crippen molar-refractivity contribution < 1.29 is 5.11 Å². The van der Waals surface area contributed by atoms with Crippen molar-refractivity contribution in [1.82, 2.24) is 0 Å². The molecule has 0 aliphatic rings. The van der Waals surface area contributed by atoms with Crippen LogP contribution >= 0.6 is 11.6 Å². The summed E-state index contributed by atoms with van der Waals surface area (Å²) in [7, 11) is 0. The molecule has 1 rings (SSSR count). The van der Waals surface area contributed by atoms with E-state index in [2.05, 4.69) is 6.58 Å². The summed E-state index contributed by atoms with van der Waals surface area (Å²) >= 11 is 5.66. The highest BCUT2D eigenvalue weighted by Gasteiger charge is 2.22. The third-order valence-electron chi connectivity index (χ3n) is 1.93. The summed E-state index contributed by atoms with van der Waals surface area (Å²) in [5.74, 6) is 0. The van der Waals surface area contributed by atoms with Gasteiger partial charge in [0.05, 0.1) is 5.60 Å². The summed E-state index contributed by atoms with van der Waals surface area (Å²) in [5.41, 5.74) is -0.0584. The molecule has 0 aliphatic carbocycles. The van der Waals surface area contributed by atoms with Crippen molar-refractivity contribution in [3.63, 3.8) is 0 Å². The molecule has 0 bridgehead atoms. The van der Waals surface area contributed by atoms with Crippen LogP contribution < -0.4 is 0 Å². The van der Waals surface area contributed by atoms with Gasteiger partial charge >= 0.3 is 0 Å². The lowest BCUT2D eigenvalue weighted by molar-refractivity contribution is 0.0595. The smallest absolute Gasteiger partial charge is 0.0917 e. The van der Waals surface area contributed by atoms with Crippen LogP contribution in [0.3, 0.4) is 0 Å². The van der Waals surface area contributed by atoms with E-state index in [-0.39, 0.29) is 0 Å². The van der Waals surface area contributed by atoms with Crippen LogP contribution in [-0.2, 0) is 5.60 Å². The Hall–Kier alpha value is -0.790. The lowest BCUT2D eigenvalue weighted by Crippen LogP contribution is -2.20. The van der Waals surface area contributed by atoms with E-state index >= 15 is 0 Å². The predicted molar refractivity (Wildman–Crippen MR) is 55.6 cm³/mol. The monoisotopic (exact) mass is 196 g/mol. The Morgan fingerprint density at radius 1 is 1.46 bits per heavy atom. The topological polar surface area (TPSA) is 20.2 Å². The molecule has 1 atom stereocenters. The number of hydrogen-bond acceptors (Lipinski definition) is 1. The quantitative estimate of drug-likeness (QED) is 0.788. The average Bonchev–Trinajstić information content (AvgIpc) is 2.04. The number of rotatable bonds is 3. The molecule has 1 N–H and O–H groups in total. The summed E-state index contributed by atoms with van der Waals surface area (Å²) in [6.45, 7) is 5.30. The fourth-order valence-electron chi connectivity index (χ4n) is 1.27. The molecular formula is C11H13ClO. The molecule has 0 saturated carbocycles. The van der Waals surface area contributed by atoms with Crippen LogP contribution in [0.15, 0.2) is 41.9 Å². The Morgan fingerprint density at radius 3 is 2.46 bits per heavy atom. The Balaban J connectivity index is 2.87. The molecule has 1 nitrogen and oxygen atoms in total. The van der Waals surface area contributed by atoms with Crippen LogP contribution in [0, 0.1) is 0 Å². The molecule has 0 amide bonds. The maximum absolute atomic E-state index is 10.0. The third kappa shape index (κ3) is 2.87. The molecule has 0 spiro atoms. The van der Waals surface area contributed by atoms with Crippen LogP contribution in [0.25, 0.3) is 0 Å². The van der Waals surface area contributed by atoms with Crippen molar-refractivity contribution in [2.24, 2.45) is 0 Å². The number of hydrogen-bond donors (Lipinski definition) is 1. The van der Waals surface area contributed by atoms with Crippen LogP contribution in [0.4, 0.5) is 0 Å². The van der Waals surface area contributed by atoms with Gasteiger partial charge in [0.25, 0.3) is 0 Å². The Kier molecular flexibility index (Phi) is 3.12. The first kappa shape index (κ1) is 10.3. The lowest BCUT2D eigenvalue weighted by Gasteiger charge is -2.23. The summed E-state index contributed by atoms with van der Waals surface area (Å²) in [4.78, 5) is 0. The fraction of sp³-hybridized carbons (Fsp3) is 0.273. The highest BCUT2D eigenvalue weighted by molar-refractivity contribution is 6.29. The van der Waals surface area contributed by atoms with Gasteiger partial charge in [-0.25, -0.2) is 0 Å². The van der Waals surface area contributed by atoms with Crippen LogP contribution in [-0.4, -0.2) is 5.11 Å². The summed E-state index contributed by atoms with van der Waals surface area (Å²) in [6, 6.07) is 9.44. The Labute approximate surface area is 83.7 Å². The van der Waals surface area contributed by atoms with Gasteiger partial charge in [-0.05, 0) is 12.5 Å². The highest BCUT2D eigenvalue weighted by atomic mass is 35.5. The van der Waals surface area contributed by atoms with Crippen LogP contribution in [0.5, 0.6) is 0 Å². The molecule has 2 heteroatoms. The predicted octanol–water partition coefficient (Wildman–Crippen LogP) is 3.04. The molecule has 0 heterocycles. The number of aliphatic hydroxyl groups is 1. The summed E-state index contributed by atoms with van der Waals surface area (Å²) in [5, 5.41) is 10.5. The van der Waals surface area contributed by atoms with Crippen molar-refractivity contribution in [1.29, 1.82) is 0 Å². The number of halogens is 1. The minimum absolute atomic E-state index is 0.374. The molecule has 1 unspecified atom stereocenters. The first-order valence-electron chi connectivity index (χ1n) is 4.13. The van der Waals surface area contributed by atoms with Gasteiger partial charge < -0.3 is 5.11 Å². The fourth-order valence-corrected chi connectivity index (χ4v) is 1.53. The van der Waals surface area contributed by atoms with Gasteiger partial charge in [-0.15, -0.1) is 0 Å². The van der Waals surface area contributed by atoms with Gasteiger partial charge in [0, 0.05) is 11.5 Å². The average molecular weight is 197 g/mol. The maximum Gasteiger partial charge on any atom is 0.0917 e. The molecule has 0 radical (unpaired) electrons. The minimum Gasteiger partial charge on any atom is -0.385 e.